The van der Waals surface area contributed by atoms with Crippen molar-refractivity contribution in [2.75, 3.05) is 19.4 Å². The van der Waals surface area contributed by atoms with Crippen molar-refractivity contribution in [3.63, 3.8) is 0 Å². The highest BCUT2D eigenvalue weighted by Gasteiger charge is 2.25. The Bertz CT molecular complexity index is 1250. The van der Waals surface area contributed by atoms with Crippen LogP contribution in [0.4, 0.5) is 0 Å². The molecule has 2 atom stereocenters. The van der Waals surface area contributed by atoms with Crippen molar-refractivity contribution in [1.29, 1.82) is 0 Å². The Kier molecular flexibility index (Phi) is 9.81. The van der Waals surface area contributed by atoms with E-state index in [1.165, 1.54) is 12.1 Å². The molecule has 0 saturated carbocycles. The minimum absolute atomic E-state index is 0.0894. The fraction of sp³-hybridized carbons (Fsp3) is 0.250. The molecule has 1 amide bonds. The summed E-state index contributed by atoms with van der Waals surface area (Å²) in [7, 11) is -2.11. The van der Waals surface area contributed by atoms with Gasteiger partial charge < -0.3 is 20.5 Å². The molecular weight excluding hydrogens is 476 g/mol. The predicted octanol–water partition coefficient (Wildman–Crippen LogP) is 2.90. The lowest BCUT2D eigenvalue weighted by molar-refractivity contribution is -0.118. The number of nitrogens with one attached hydrogen (secondary N) is 2. The van der Waals surface area contributed by atoms with Gasteiger partial charge in [-0.1, -0.05) is 67.2 Å². The Morgan fingerprint density at radius 2 is 1.61 bits per heavy atom. The van der Waals surface area contributed by atoms with Crippen LogP contribution in [0.2, 0.25) is 0 Å². The molecule has 0 bridgehead atoms. The Labute approximate surface area is 212 Å². The Morgan fingerprint density at radius 3 is 2.28 bits per heavy atom. The number of rotatable bonds is 13. The number of hydrogen-bond acceptors (Lipinski definition) is 6. The normalized spacial score (nSPS) is 12.9. The maximum atomic E-state index is 12.9. The molecule has 3 aromatic rings. The molecular formula is C28H32N2O5S. The molecule has 0 aliphatic heterocycles. The monoisotopic (exact) mass is 508 g/mol. The lowest BCUT2D eigenvalue weighted by atomic mass is 10.0. The SMILES string of the molecule is C=C(CS(=O)(=O)c1ccccc1)C(=O)N[C@@H](Cc1ccccc1)[C@@H](O)CNCc1cccc(OC)c1. The van der Waals surface area contributed by atoms with Crippen LogP contribution in [-0.2, 0) is 27.6 Å². The van der Waals surface area contributed by atoms with Crippen molar-refractivity contribution in [2.45, 2.75) is 30.0 Å². The summed E-state index contributed by atoms with van der Waals surface area (Å²) in [6.45, 7) is 4.42. The fourth-order valence-corrected chi connectivity index (χ4v) is 5.05. The van der Waals surface area contributed by atoms with E-state index < -0.39 is 33.6 Å². The molecule has 0 saturated heterocycles. The van der Waals surface area contributed by atoms with E-state index in [-0.39, 0.29) is 17.0 Å². The second-order valence-corrected chi connectivity index (χ2v) is 10.5. The van der Waals surface area contributed by atoms with Gasteiger partial charge in [-0.3, -0.25) is 4.79 Å². The van der Waals surface area contributed by atoms with Gasteiger partial charge in [0.05, 0.1) is 29.9 Å². The Hall–Kier alpha value is -3.46. The summed E-state index contributed by atoms with van der Waals surface area (Å²) in [5.74, 6) is -0.374. The van der Waals surface area contributed by atoms with Gasteiger partial charge in [-0.15, -0.1) is 0 Å². The fourth-order valence-electron chi connectivity index (χ4n) is 3.72. The van der Waals surface area contributed by atoms with Crippen molar-refractivity contribution < 1.29 is 23.1 Å². The highest BCUT2D eigenvalue weighted by molar-refractivity contribution is 7.91. The van der Waals surface area contributed by atoms with E-state index in [0.29, 0.717) is 13.0 Å². The maximum Gasteiger partial charge on any atom is 0.247 e. The van der Waals surface area contributed by atoms with Gasteiger partial charge in [-0.05, 0) is 41.8 Å². The van der Waals surface area contributed by atoms with Crippen molar-refractivity contribution in [2.24, 2.45) is 0 Å². The van der Waals surface area contributed by atoms with E-state index in [9.17, 15) is 18.3 Å². The average molecular weight is 509 g/mol. The number of amides is 1. The van der Waals surface area contributed by atoms with Crippen LogP contribution in [-0.4, -0.2) is 51.0 Å². The molecule has 0 heterocycles. The first-order valence-corrected chi connectivity index (χ1v) is 13.3. The Morgan fingerprint density at radius 1 is 0.972 bits per heavy atom. The number of ether oxygens (including phenoxy) is 1. The lowest BCUT2D eigenvalue weighted by Crippen LogP contribution is -2.49. The largest absolute Gasteiger partial charge is 0.497 e. The molecule has 0 spiro atoms. The van der Waals surface area contributed by atoms with Gasteiger partial charge in [0, 0.05) is 18.7 Å². The number of sulfone groups is 1. The highest BCUT2D eigenvalue weighted by Crippen LogP contribution is 2.15. The van der Waals surface area contributed by atoms with E-state index in [1.807, 2.05) is 54.6 Å². The summed E-state index contributed by atoms with van der Waals surface area (Å²) in [6, 6.07) is 24.3. The summed E-state index contributed by atoms with van der Waals surface area (Å²) in [6.07, 6.45) is -0.564. The zero-order chi connectivity index (χ0) is 26.0. The second-order valence-electron chi connectivity index (χ2n) is 8.50. The van der Waals surface area contributed by atoms with E-state index in [2.05, 4.69) is 17.2 Å². The van der Waals surface area contributed by atoms with Gasteiger partial charge in [-0.2, -0.15) is 0 Å². The summed E-state index contributed by atoms with van der Waals surface area (Å²) < 4.78 is 30.6. The standard InChI is InChI=1S/C28H32N2O5S/c1-21(20-36(33,34)25-14-7-4-8-15-25)28(32)30-26(17-22-10-5-3-6-11-22)27(31)19-29-18-23-12-9-13-24(16-23)35-2/h3-16,26-27,29,31H,1,17-20H2,2H3,(H,30,32)/t26-,27-/m0/s1. The third-order valence-electron chi connectivity index (χ3n) is 5.68. The van der Waals surface area contributed by atoms with Crippen LogP contribution >= 0.6 is 0 Å². The van der Waals surface area contributed by atoms with Crippen LogP contribution < -0.4 is 15.4 Å². The zero-order valence-electron chi connectivity index (χ0n) is 20.3. The molecule has 0 unspecified atom stereocenters. The zero-order valence-corrected chi connectivity index (χ0v) is 21.1. The number of carbonyl (C=O) groups excluding carboxylic acids is 1. The first kappa shape index (κ1) is 27.1. The molecule has 0 aliphatic rings. The molecule has 0 fully saturated rings. The molecule has 8 heteroatoms. The van der Waals surface area contributed by atoms with E-state index >= 15 is 0 Å². The van der Waals surface area contributed by atoms with E-state index in [4.69, 9.17) is 4.74 Å². The predicted molar refractivity (Wildman–Crippen MR) is 140 cm³/mol. The van der Waals surface area contributed by atoms with Crippen LogP contribution in [0.3, 0.4) is 0 Å². The average Bonchev–Trinajstić information content (AvgIpc) is 2.89. The van der Waals surface area contributed by atoms with E-state index in [0.717, 1.165) is 16.9 Å². The number of methoxy groups -OCH3 is 1. The quantitative estimate of drug-likeness (QED) is 0.307. The third kappa shape index (κ3) is 8.05. The van der Waals surface area contributed by atoms with Crippen molar-refractivity contribution >= 4 is 15.7 Å². The molecule has 3 aromatic carbocycles. The molecule has 36 heavy (non-hydrogen) atoms. The van der Waals surface area contributed by atoms with Gasteiger partial charge in [-0.25, -0.2) is 8.42 Å². The minimum atomic E-state index is -3.72. The van der Waals surface area contributed by atoms with E-state index in [1.54, 1.807) is 25.3 Å². The number of carbonyl (C=O) groups is 1. The topological polar surface area (TPSA) is 105 Å². The minimum Gasteiger partial charge on any atom is -0.497 e. The number of benzene rings is 3. The van der Waals surface area contributed by atoms with Crippen LogP contribution in [0.5, 0.6) is 5.75 Å². The smallest absolute Gasteiger partial charge is 0.247 e. The van der Waals surface area contributed by atoms with Crippen LogP contribution in [0.1, 0.15) is 11.1 Å². The third-order valence-corrected chi connectivity index (χ3v) is 7.40. The lowest BCUT2D eigenvalue weighted by Gasteiger charge is -2.25. The molecule has 0 aliphatic carbocycles. The first-order valence-electron chi connectivity index (χ1n) is 11.6. The molecule has 0 aromatic heterocycles. The van der Waals surface area contributed by atoms with Crippen molar-refractivity contribution in [3.05, 3.63) is 108 Å². The molecule has 190 valence electrons. The van der Waals surface area contributed by atoms with Crippen LogP contribution in [0.25, 0.3) is 0 Å². The van der Waals surface area contributed by atoms with Gasteiger partial charge in [0.2, 0.25) is 5.91 Å². The van der Waals surface area contributed by atoms with Gasteiger partial charge in [0.25, 0.3) is 0 Å². The van der Waals surface area contributed by atoms with Gasteiger partial charge in [0.15, 0.2) is 9.84 Å². The summed E-state index contributed by atoms with van der Waals surface area (Å²) in [4.78, 5) is 13.0. The molecule has 0 radical (unpaired) electrons. The number of aliphatic hydroxyl groups excluding tert-OH is 1. The van der Waals surface area contributed by atoms with Crippen LogP contribution in [0, 0.1) is 0 Å². The maximum absolute atomic E-state index is 12.9. The second kappa shape index (κ2) is 13.0. The van der Waals surface area contributed by atoms with Gasteiger partial charge in [0.1, 0.15) is 5.75 Å². The summed E-state index contributed by atoms with van der Waals surface area (Å²) >= 11 is 0. The van der Waals surface area contributed by atoms with Crippen molar-refractivity contribution in [3.8, 4) is 5.75 Å². The van der Waals surface area contributed by atoms with Crippen molar-refractivity contribution in [1.82, 2.24) is 10.6 Å². The molecule has 3 rings (SSSR count). The summed E-state index contributed by atoms with van der Waals surface area (Å²) in [5, 5.41) is 16.9. The summed E-state index contributed by atoms with van der Waals surface area (Å²) in [5.41, 5.74) is 1.83. The first-order chi connectivity index (χ1) is 17.3. The highest BCUT2D eigenvalue weighted by atomic mass is 32.2. The molecule has 3 N–H and O–H groups in total. The van der Waals surface area contributed by atoms with Gasteiger partial charge >= 0.3 is 0 Å². The number of aliphatic hydroxyl groups is 1. The van der Waals surface area contributed by atoms with Crippen LogP contribution in [0.15, 0.2) is 102 Å². The molecule has 7 nitrogen and oxygen atoms in total. The Balaban J connectivity index is 1.65. The number of hydrogen-bond donors (Lipinski definition) is 3.